The third-order valence-corrected chi connectivity index (χ3v) is 6.87. The average Bonchev–Trinajstić information content (AvgIpc) is 3.38. The number of carbonyl (C=O) groups excluding carboxylic acids is 1. The van der Waals surface area contributed by atoms with Gasteiger partial charge in [-0.2, -0.15) is 0 Å². The van der Waals surface area contributed by atoms with E-state index in [-0.39, 0.29) is 11.9 Å². The third kappa shape index (κ3) is 4.62. The van der Waals surface area contributed by atoms with Gasteiger partial charge in [0.2, 0.25) is 12.7 Å². The minimum absolute atomic E-state index is 0.00819. The highest BCUT2D eigenvalue weighted by atomic mass is 32.1. The maximum Gasteiger partial charge on any atom is 0.231 e. The quantitative estimate of drug-likeness (QED) is 0.768. The summed E-state index contributed by atoms with van der Waals surface area (Å²) >= 11 is 1.63. The number of nitrogens with one attached hydrogen (secondary N) is 1. The highest BCUT2D eigenvalue weighted by Crippen LogP contribution is 2.36. The SMILES string of the molecule is Cc1cc2c(cc1CN1CCC([C@H](NC(=O)C(C)(C)C)c3nccs3)CC1)OCO2. The average molecular weight is 430 g/mol. The van der Waals surface area contributed by atoms with Gasteiger partial charge in [-0.05, 0) is 62.0 Å². The second-order valence-electron chi connectivity index (χ2n) is 9.32. The molecule has 1 amide bonds. The van der Waals surface area contributed by atoms with Gasteiger partial charge >= 0.3 is 0 Å². The molecule has 0 spiro atoms. The van der Waals surface area contributed by atoms with Crippen LogP contribution in [0.25, 0.3) is 0 Å². The number of hydrogen-bond donors (Lipinski definition) is 1. The molecule has 1 fully saturated rings. The zero-order valence-corrected chi connectivity index (χ0v) is 19.1. The maximum absolute atomic E-state index is 12.7. The molecular formula is C23H31N3O3S. The maximum atomic E-state index is 12.7. The number of aryl methyl sites for hydroxylation is 1. The van der Waals surface area contributed by atoms with Crippen LogP contribution in [0.3, 0.4) is 0 Å². The molecule has 0 radical (unpaired) electrons. The Kier molecular flexibility index (Phi) is 6.02. The van der Waals surface area contributed by atoms with Crippen LogP contribution < -0.4 is 14.8 Å². The fourth-order valence-corrected chi connectivity index (χ4v) is 4.85. The van der Waals surface area contributed by atoms with Gasteiger partial charge in [0.1, 0.15) is 5.01 Å². The lowest BCUT2D eigenvalue weighted by atomic mass is 9.87. The highest BCUT2D eigenvalue weighted by molar-refractivity contribution is 7.09. The van der Waals surface area contributed by atoms with Crippen LogP contribution in [0.15, 0.2) is 23.7 Å². The zero-order chi connectivity index (χ0) is 21.3. The second-order valence-corrected chi connectivity index (χ2v) is 10.2. The van der Waals surface area contributed by atoms with Gasteiger partial charge in [-0.1, -0.05) is 20.8 Å². The molecule has 2 aromatic rings. The van der Waals surface area contributed by atoms with E-state index < -0.39 is 5.41 Å². The van der Waals surface area contributed by atoms with Crippen molar-refractivity contribution in [3.63, 3.8) is 0 Å². The van der Waals surface area contributed by atoms with E-state index in [1.54, 1.807) is 11.3 Å². The van der Waals surface area contributed by atoms with Crippen LogP contribution >= 0.6 is 11.3 Å². The van der Waals surface area contributed by atoms with E-state index in [0.717, 1.165) is 49.0 Å². The van der Waals surface area contributed by atoms with Crippen LogP contribution in [-0.4, -0.2) is 35.7 Å². The van der Waals surface area contributed by atoms with E-state index >= 15 is 0 Å². The molecule has 1 aromatic heterocycles. The molecular weight excluding hydrogens is 398 g/mol. The number of hydrogen-bond acceptors (Lipinski definition) is 6. The fourth-order valence-electron chi connectivity index (χ4n) is 4.07. The van der Waals surface area contributed by atoms with E-state index in [2.05, 4.69) is 34.3 Å². The fraction of sp³-hybridized carbons (Fsp3) is 0.565. The first-order valence-electron chi connectivity index (χ1n) is 10.6. The Morgan fingerprint density at radius 1 is 1.27 bits per heavy atom. The number of aromatic nitrogens is 1. The molecule has 3 heterocycles. The van der Waals surface area contributed by atoms with Crippen molar-refractivity contribution < 1.29 is 14.3 Å². The molecule has 0 saturated carbocycles. The molecule has 6 nitrogen and oxygen atoms in total. The van der Waals surface area contributed by atoms with E-state index in [1.807, 2.05) is 32.3 Å². The van der Waals surface area contributed by atoms with Crippen molar-refractivity contribution >= 4 is 17.2 Å². The summed E-state index contributed by atoms with van der Waals surface area (Å²) < 4.78 is 11.0. The summed E-state index contributed by atoms with van der Waals surface area (Å²) in [6.07, 6.45) is 3.91. The number of rotatable bonds is 5. The number of ether oxygens (including phenoxy) is 2. The molecule has 2 aliphatic heterocycles. The molecule has 4 rings (SSSR count). The number of benzene rings is 1. The summed E-state index contributed by atoms with van der Waals surface area (Å²) in [5.74, 6) is 2.17. The van der Waals surface area contributed by atoms with Gasteiger partial charge in [-0.25, -0.2) is 4.98 Å². The van der Waals surface area contributed by atoms with Crippen LogP contribution in [0.4, 0.5) is 0 Å². The number of likely N-dealkylation sites (tertiary alicyclic amines) is 1. The predicted octanol–water partition coefficient (Wildman–Crippen LogP) is 4.30. The Labute approximate surface area is 182 Å². The van der Waals surface area contributed by atoms with Crippen molar-refractivity contribution in [3.8, 4) is 11.5 Å². The first-order chi connectivity index (χ1) is 14.3. The third-order valence-electron chi connectivity index (χ3n) is 6.01. The first kappa shape index (κ1) is 21.1. The number of fused-ring (bicyclic) bond motifs is 1. The molecule has 1 atom stereocenters. The Hall–Kier alpha value is -2.12. The normalized spacial score (nSPS) is 18.4. The summed E-state index contributed by atoms with van der Waals surface area (Å²) in [5, 5.41) is 6.29. The second kappa shape index (κ2) is 8.55. The van der Waals surface area contributed by atoms with Crippen LogP contribution in [0.5, 0.6) is 11.5 Å². The smallest absolute Gasteiger partial charge is 0.231 e. The largest absolute Gasteiger partial charge is 0.454 e. The van der Waals surface area contributed by atoms with Gasteiger partial charge < -0.3 is 14.8 Å². The van der Waals surface area contributed by atoms with E-state index in [4.69, 9.17) is 9.47 Å². The molecule has 162 valence electrons. The van der Waals surface area contributed by atoms with Gasteiger partial charge in [-0.15, -0.1) is 11.3 Å². The molecule has 1 saturated heterocycles. The van der Waals surface area contributed by atoms with Crippen LogP contribution in [0.2, 0.25) is 0 Å². The number of thiazole rings is 1. The van der Waals surface area contributed by atoms with E-state index in [0.29, 0.717) is 12.7 Å². The summed E-state index contributed by atoms with van der Waals surface area (Å²) in [7, 11) is 0. The lowest BCUT2D eigenvalue weighted by molar-refractivity contribution is -0.129. The number of nitrogens with zero attached hydrogens (tertiary/aromatic N) is 2. The summed E-state index contributed by atoms with van der Waals surface area (Å²) in [6, 6.07) is 4.18. The van der Waals surface area contributed by atoms with Gasteiger partial charge in [0, 0.05) is 23.5 Å². The van der Waals surface area contributed by atoms with Crippen LogP contribution in [-0.2, 0) is 11.3 Å². The number of piperidine rings is 1. The van der Waals surface area contributed by atoms with Crippen molar-refractivity contribution in [1.29, 1.82) is 0 Å². The molecule has 30 heavy (non-hydrogen) atoms. The van der Waals surface area contributed by atoms with Crippen molar-refractivity contribution in [2.75, 3.05) is 19.9 Å². The summed E-state index contributed by atoms with van der Waals surface area (Å²) in [5.41, 5.74) is 2.11. The zero-order valence-electron chi connectivity index (χ0n) is 18.2. The molecule has 0 aliphatic carbocycles. The summed E-state index contributed by atoms with van der Waals surface area (Å²) in [6.45, 7) is 11.2. The number of amides is 1. The standard InChI is InChI=1S/C23H31N3O3S/c1-15-11-18-19(29-14-28-18)12-17(15)13-26-8-5-16(6-9-26)20(21-24-7-10-30-21)25-22(27)23(2,3)4/h7,10-12,16,20H,5-6,8-9,13-14H2,1-4H3,(H,25,27)/t20-/m0/s1. The summed E-state index contributed by atoms with van der Waals surface area (Å²) in [4.78, 5) is 19.7. The molecule has 1 N–H and O–H groups in total. The van der Waals surface area contributed by atoms with Crippen molar-refractivity contribution in [2.24, 2.45) is 11.3 Å². The van der Waals surface area contributed by atoms with Crippen molar-refractivity contribution in [1.82, 2.24) is 15.2 Å². The predicted molar refractivity (Wildman–Crippen MR) is 118 cm³/mol. The Balaban J connectivity index is 1.40. The van der Waals surface area contributed by atoms with Crippen molar-refractivity contribution in [2.45, 2.75) is 53.1 Å². The van der Waals surface area contributed by atoms with Crippen LogP contribution in [0, 0.1) is 18.3 Å². The topological polar surface area (TPSA) is 63.7 Å². The van der Waals surface area contributed by atoms with E-state index in [1.165, 1.54) is 11.1 Å². The van der Waals surface area contributed by atoms with Gasteiger partial charge in [0.15, 0.2) is 11.5 Å². The van der Waals surface area contributed by atoms with Crippen LogP contribution in [0.1, 0.15) is 55.8 Å². The van der Waals surface area contributed by atoms with Gasteiger partial charge in [0.25, 0.3) is 0 Å². The Morgan fingerprint density at radius 3 is 2.60 bits per heavy atom. The van der Waals surface area contributed by atoms with Gasteiger partial charge in [-0.3, -0.25) is 9.69 Å². The highest BCUT2D eigenvalue weighted by Gasteiger charge is 2.33. The molecule has 0 unspecified atom stereocenters. The Bertz CT molecular complexity index is 884. The molecule has 2 aliphatic rings. The van der Waals surface area contributed by atoms with E-state index in [9.17, 15) is 4.79 Å². The molecule has 0 bridgehead atoms. The molecule has 1 aromatic carbocycles. The van der Waals surface area contributed by atoms with Gasteiger partial charge in [0.05, 0.1) is 6.04 Å². The lowest BCUT2D eigenvalue weighted by Gasteiger charge is -2.36. The molecule has 7 heteroatoms. The van der Waals surface area contributed by atoms with Crippen molar-refractivity contribution in [3.05, 3.63) is 39.8 Å². The first-order valence-corrected chi connectivity index (χ1v) is 11.5. The number of carbonyl (C=O) groups is 1. The monoisotopic (exact) mass is 429 g/mol. The lowest BCUT2D eigenvalue weighted by Crippen LogP contribution is -2.43. The minimum Gasteiger partial charge on any atom is -0.454 e. The minimum atomic E-state index is -0.410. The Morgan fingerprint density at radius 2 is 1.97 bits per heavy atom.